The summed E-state index contributed by atoms with van der Waals surface area (Å²) < 4.78 is 0. The van der Waals surface area contributed by atoms with Crippen LogP contribution < -0.4 is 4.90 Å². The van der Waals surface area contributed by atoms with Gasteiger partial charge in [0.15, 0.2) is 0 Å². The lowest BCUT2D eigenvalue weighted by molar-refractivity contribution is -0.127. The summed E-state index contributed by atoms with van der Waals surface area (Å²) in [5, 5.41) is 8.94. The molecule has 0 N–H and O–H groups in total. The molecule has 5 heteroatoms. The number of likely N-dealkylation sites (N-methyl/N-ethyl adjacent to an activating group) is 1. The molecule has 2 aromatic rings. The summed E-state index contributed by atoms with van der Waals surface area (Å²) in [6, 6.07) is 17.0. The highest BCUT2D eigenvalue weighted by molar-refractivity contribution is 5.95. The fraction of sp³-hybridized carbons (Fsp3) is 0.292. The van der Waals surface area contributed by atoms with E-state index in [1.807, 2.05) is 50.2 Å². The number of nitrogens with zero attached hydrogens (tertiary/aromatic N) is 3. The van der Waals surface area contributed by atoms with Gasteiger partial charge in [0, 0.05) is 31.3 Å². The van der Waals surface area contributed by atoms with E-state index in [1.165, 1.54) is 0 Å². The Morgan fingerprint density at radius 2 is 1.90 bits per heavy atom. The molecular formula is C24H25N3O2. The molecule has 2 aromatic carbocycles. The van der Waals surface area contributed by atoms with Crippen LogP contribution in [0.3, 0.4) is 0 Å². The minimum Gasteiger partial charge on any atom is -0.333 e. The van der Waals surface area contributed by atoms with E-state index in [-0.39, 0.29) is 17.9 Å². The van der Waals surface area contributed by atoms with Crippen LogP contribution in [0.25, 0.3) is 6.08 Å². The van der Waals surface area contributed by atoms with Crippen molar-refractivity contribution in [2.75, 3.05) is 18.0 Å². The Morgan fingerprint density at radius 3 is 2.45 bits per heavy atom. The van der Waals surface area contributed by atoms with Crippen molar-refractivity contribution in [3.63, 3.8) is 0 Å². The molecule has 0 radical (unpaired) electrons. The summed E-state index contributed by atoms with van der Waals surface area (Å²) in [6.07, 6.45) is 4.89. The highest BCUT2D eigenvalue weighted by Gasteiger charge is 2.21. The van der Waals surface area contributed by atoms with E-state index in [1.54, 1.807) is 34.1 Å². The summed E-state index contributed by atoms with van der Waals surface area (Å²) in [5.74, 6) is 0.0991. The van der Waals surface area contributed by atoms with Gasteiger partial charge in [0.05, 0.1) is 17.7 Å². The first-order valence-corrected chi connectivity index (χ1v) is 9.92. The molecule has 148 valence electrons. The van der Waals surface area contributed by atoms with Crippen LogP contribution in [0.15, 0.2) is 54.6 Å². The van der Waals surface area contributed by atoms with Crippen LogP contribution in [0.1, 0.15) is 49.4 Å². The third-order valence-corrected chi connectivity index (χ3v) is 5.31. The highest BCUT2D eigenvalue weighted by atomic mass is 16.2. The number of anilines is 1. The first-order chi connectivity index (χ1) is 14.0. The van der Waals surface area contributed by atoms with E-state index in [0.29, 0.717) is 18.5 Å². The topological polar surface area (TPSA) is 64.4 Å². The molecule has 0 aliphatic carbocycles. The van der Waals surface area contributed by atoms with E-state index >= 15 is 0 Å². The largest absolute Gasteiger partial charge is 0.333 e. The SMILES string of the molecule is CCN(C(=O)/C=C/c1ccc(N2CCCC2=O)cc1)C(C)c1ccc(C#N)cc1. The van der Waals surface area contributed by atoms with E-state index in [0.717, 1.165) is 29.8 Å². The molecule has 0 saturated carbocycles. The van der Waals surface area contributed by atoms with Crippen LogP contribution in [0.4, 0.5) is 5.69 Å². The molecule has 5 nitrogen and oxygen atoms in total. The van der Waals surface area contributed by atoms with Gasteiger partial charge in [-0.2, -0.15) is 5.26 Å². The van der Waals surface area contributed by atoms with Gasteiger partial charge in [0.2, 0.25) is 11.8 Å². The second kappa shape index (κ2) is 9.20. The van der Waals surface area contributed by atoms with E-state index in [9.17, 15) is 9.59 Å². The number of carbonyl (C=O) groups excluding carboxylic acids is 2. The molecule has 2 amide bonds. The zero-order valence-corrected chi connectivity index (χ0v) is 16.8. The maximum atomic E-state index is 12.7. The Labute approximate surface area is 171 Å². The summed E-state index contributed by atoms with van der Waals surface area (Å²) in [7, 11) is 0. The Bertz CT molecular complexity index is 940. The minimum atomic E-state index is -0.0894. The monoisotopic (exact) mass is 387 g/mol. The van der Waals surface area contributed by atoms with Crippen molar-refractivity contribution in [1.82, 2.24) is 4.90 Å². The second-order valence-corrected chi connectivity index (χ2v) is 7.11. The molecular weight excluding hydrogens is 362 g/mol. The van der Waals surface area contributed by atoms with Gasteiger partial charge in [-0.15, -0.1) is 0 Å². The zero-order chi connectivity index (χ0) is 20.8. The Kier molecular flexibility index (Phi) is 6.46. The first-order valence-electron chi connectivity index (χ1n) is 9.92. The average Bonchev–Trinajstić information content (AvgIpc) is 3.19. The van der Waals surface area contributed by atoms with Gasteiger partial charge in [0.25, 0.3) is 0 Å². The first kappa shape index (κ1) is 20.3. The van der Waals surface area contributed by atoms with Crippen LogP contribution in [0, 0.1) is 11.3 Å². The maximum Gasteiger partial charge on any atom is 0.247 e. The third kappa shape index (κ3) is 4.72. The standard InChI is InChI=1S/C24H25N3O2/c1-3-26(18(2)21-11-6-20(17-25)7-12-21)24(29)15-10-19-8-13-22(14-9-19)27-16-4-5-23(27)28/h6-15,18H,3-5,16H2,1-2H3/b15-10+. The molecule has 1 aliphatic rings. The Morgan fingerprint density at radius 1 is 1.21 bits per heavy atom. The second-order valence-electron chi connectivity index (χ2n) is 7.11. The van der Waals surface area contributed by atoms with Crippen LogP contribution in [0.5, 0.6) is 0 Å². The number of benzene rings is 2. The average molecular weight is 387 g/mol. The number of rotatable bonds is 6. The summed E-state index contributed by atoms with van der Waals surface area (Å²) in [5.41, 5.74) is 3.41. The smallest absolute Gasteiger partial charge is 0.247 e. The molecule has 3 rings (SSSR count). The molecule has 29 heavy (non-hydrogen) atoms. The molecule has 1 atom stereocenters. The van der Waals surface area contributed by atoms with Gasteiger partial charge < -0.3 is 9.80 Å². The summed E-state index contributed by atoms with van der Waals surface area (Å²) in [4.78, 5) is 28.2. The molecule has 0 aromatic heterocycles. The van der Waals surface area contributed by atoms with Crippen molar-refractivity contribution < 1.29 is 9.59 Å². The Balaban J connectivity index is 1.67. The molecule has 1 fully saturated rings. The lowest BCUT2D eigenvalue weighted by Crippen LogP contribution is -2.32. The quantitative estimate of drug-likeness (QED) is 0.694. The Hall–Kier alpha value is -3.39. The van der Waals surface area contributed by atoms with Crippen LogP contribution >= 0.6 is 0 Å². The van der Waals surface area contributed by atoms with Crippen LogP contribution in [-0.4, -0.2) is 29.8 Å². The lowest BCUT2D eigenvalue weighted by Gasteiger charge is -2.27. The molecule has 1 saturated heterocycles. The van der Waals surface area contributed by atoms with Gasteiger partial charge in [-0.25, -0.2) is 0 Å². The molecule has 0 bridgehead atoms. The van der Waals surface area contributed by atoms with E-state index in [4.69, 9.17) is 5.26 Å². The van der Waals surface area contributed by atoms with Crippen molar-refractivity contribution in [3.05, 3.63) is 71.3 Å². The maximum absolute atomic E-state index is 12.7. The molecule has 1 aliphatic heterocycles. The predicted molar refractivity (Wildman–Crippen MR) is 114 cm³/mol. The molecule has 1 unspecified atom stereocenters. The number of amides is 2. The number of hydrogen-bond donors (Lipinski definition) is 0. The minimum absolute atomic E-state index is 0.0665. The van der Waals surface area contributed by atoms with Crippen LogP contribution in [0.2, 0.25) is 0 Å². The summed E-state index contributed by atoms with van der Waals surface area (Å²) in [6.45, 7) is 5.29. The van der Waals surface area contributed by atoms with Gasteiger partial charge in [0.1, 0.15) is 0 Å². The van der Waals surface area contributed by atoms with Crippen molar-refractivity contribution in [1.29, 1.82) is 5.26 Å². The third-order valence-electron chi connectivity index (χ3n) is 5.31. The predicted octanol–water partition coefficient (Wildman–Crippen LogP) is 4.31. The van der Waals surface area contributed by atoms with Crippen LogP contribution in [-0.2, 0) is 9.59 Å². The van der Waals surface area contributed by atoms with E-state index < -0.39 is 0 Å². The summed E-state index contributed by atoms with van der Waals surface area (Å²) >= 11 is 0. The van der Waals surface area contributed by atoms with Crippen molar-refractivity contribution in [3.8, 4) is 6.07 Å². The number of nitriles is 1. The van der Waals surface area contributed by atoms with Gasteiger partial charge in [-0.1, -0.05) is 24.3 Å². The lowest BCUT2D eigenvalue weighted by atomic mass is 10.0. The fourth-order valence-corrected chi connectivity index (χ4v) is 3.59. The van der Waals surface area contributed by atoms with Crippen molar-refractivity contribution in [2.45, 2.75) is 32.7 Å². The zero-order valence-electron chi connectivity index (χ0n) is 16.8. The van der Waals surface area contributed by atoms with Gasteiger partial charge in [-0.3, -0.25) is 9.59 Å². The van der Waals surface area contributed by atoms with Crippen molar-refractivity contribution in [2.24, 2.45) is 0 Å². The highest BCUT2D eigenvalue weighted by Crippen LogP contribution is 2.23. The molecule has 1 heterocycles. The fourth-order valence-electron chi connectivity index (χ4n) is 3.59. The van der Waals surface area contributed by atoms with E-state index in [2.05, 4.69) is 6.07 Å². The van der Waals surface area contributed by atoms with Gasteiger partial charge >= 0.3 is 0 Å². The number of carbonyl (C=O) groups is 2. The molecule has 0 spiro atoms. The normalized spacial score (nSPS) is 14.8. The van der Waals surface area contributed by atoms with Crippen molar-refractivity contribution >= 4 is 23.6 Å². The van der Waals surface area contributed by atoms with Gasteiger partial charge in [-0.05, 0) is 61.7 Å². The number of hydrogen-bond acceptors (Lipinski definition) is 3.